The summed E-state index contributed by atoms with van der Waals surface area (Å²) in [5.74, 6) is -1.54. The summed E-state index contributed by atoms with van der Waals surface area (Å²) < 4.78 is 0. The molecule has 0 heterocycles. The van der Waals surface area contributed by atoms with Gasteiger partial charge in [0.25, 0.3) is 0 Å². The molecule has 0 bridgehead atoms. The minimum Gasteiger partial charge on any atom is -0.465 e. The predicted octanol–water partition coefficient (Wildman–Crippen LogP) is 2.77. The quantitative estimate of drug-likeness (QED) is 0.228. The molecular weight excluding hydrogens is 400 g/mol. The summed E-state index contributed by atoms with van der Waals surface area (Å²) in [4.78, 5) is 47.4. The zero-order valence-corrected chi connectivity index (χ0v) is 19.3. The number of nitrogens with one attached hydrogen (secondary N) is 2. The second-order valence-electron chi connectivity index (χ2n) is 8.07. The van der Waals surface area contributed by atoms with Crippen LogP contribution in [0.5, 0.6) is 0 Å². The van der Waals surface area contributed by atoms with Crippen LogP contribution >= 0.6 is 0 Å². The van der Waals surface area contributed by atoms with Gasteiger partial charge in [-0.25, -0.2) is 4.79 Å². The second-order valence-corrected chi connectivity index (χ2v) is 8.07. The number of likely N-dealkylation sites (N-methyl/N-ethyl adjacent to an activating group) is 1. The molecule has 0 aliphatic rings. The Morgan fingerprint density at radius 2 is 1.42 bits per heavy atom. The molecule has 4 amide bonds. The summed E-state index contributed by atoms with van der Waals surface area (Å²) in [6, 6.07) is -1.05. The van der Waals surface area contributed by atoms with Gasteiger partial charge in [0, 0.05) is 26.6 Å². The molecule has 0 saturated heterocycles. The van der Waals surface area contributed by atoms with E-state index >= 15 is 0 Å². The zero-order chi connectivity index (χ0) is 23.5. The standard InChI is InChI=1S/C22H42N4O5/c1-3-4-5-6-7-8-9-10-11-12-13-14-20(28)25-18(17-19(23)27)21(29)24-15-16-26(2)22(30)31/h18H,3-17H2,1-2H3,(H2,23,27)(H,24,29)(H,25,28)(H,30,31)/t18-/m1/s1. The number of carboxylic acid groups (broad SMARTS) is 1. The minimum atomic E-state index is -1.11. The number of carbonyl (C=O) groups excluding carboxylic acids is 3. The van der Waals surface area contributed by atoms with Gasteiger partial charge in [0.15, 0.2) is 0 Å². The van der Waals surface area contributed by atoms with Crippen LogP contribution in [-0.4, -0.2) is 60.0 Å². The summed E-state index contributed by atoms with van der Waals surface area (Å²) in [5, 5.41) is 13.9. The van der Waals surface area contributed by atoms with Gasteiger partial charge in [-0.15, -0.1) is 0 Å². The van der Waals surface area contributed by atoms with Crippen LogP contribution < -0.4 is 16.4 Å². The number of amides is 4. The van der Waals surface area contributed by atoms with Crippen molar-refractivity contribution in [3.63, 3.8) is 0 Å². The van der Waals surface area contributed by atoms with Crippen LogP contribution in [0.3, 0.4) is 0 Å². The lowest BCUT2D eigenvalue weighted by Crippen LogP contribution is -2.49. The van der Waals surface area contributed by atoms with Crippen molar-refractivity contribution in [2.24, 2.45) is 5.73 Å². The van der Waals surface area contributed by atoms with Crippen molar-refractivity contribution in [1.82, 2.24) is 15.5 Å². The number of nitrogens with zero attached hydrogens (tertiary/aromatic N) is 1. The number of carbonyl (C=O) groups is 4. The van der Waals surface area contributed by atoms with E-state index in [4.69, 9.17) is 10.8 Å². The third-order valence-electron chi connectivity index (χ3n) is 5.14. The zero-order valence-electron chi connectivity index (χ0n) is 19.3. The average Bonchev–Trinajstić information content (AvgIpc) is 2.70. The van der Waals surface area contributed by atoms with Crippen LogP contribution in [0.1, 0.15) is 90.4 Å². The third-order valence-corrected chi connectivity index (χ3v) is 5.14. The topological polar surface area (TPSA) is 142 Å². The minimum absolute atomic E-state index is 0.0748. The Morgan fingerprint density at radius 1 is 0.903 bits per heavy atom. The molecule has 0 spiro atoms. The maximum atomic E-state index is 12.2. The molecule has 0 unspecified atom stereocenters. The van der Waals surface area contributed by atoms with E-state index in [2.05, 4.69) is 17.6 Å². The Bertz CT molecular complexity index is 542. The second kappa shape index (κ2) is 18.4. The lowest BCUT2D eigenvalue weighted by Gasteiger charge is -2.18. The fourth-order valence-corrected chi connectivity index (χ4v) is 3.19. The molecule has 0 aliphatic carbocycles. The molecular formula is C22H42N4O5. The normalized spacial score (nSPS) is 11.5. The summed E-state index contributed by atoms with van der Waals surface area (Å²) in [6.45, 7) is 2.39. The molecule has 9 heteroatoms. The van der Waals surface area contributed by atoms with E-state index in [0.717, 1.165) is 24.2 Å². The molecule has 0 saturated carbocycles. The SMILES string of the molecule is CCCCCCCCCCCCCC(=O)N[C@H](CC(N)=O)C(=O)NCCN(C)C(=O)O. The van der Waals surface area contributed by atoms with Gasteiger partial charge < -0.3 is 26.4 Å². The Morgan fingerprint density at radius 3 is 1.90 bits per heavy atom. The van der Waals surface area contributed by atoms with E-state index < -0.39 is 23.9 Å². The monoisotopic (exact) mass is 442 g/mol. The summed E-state index contributed by atoms with van der Waals surface area (Å²) in [6.07, 6.45) is 11.9. The number of hydrogen-bond donors (Lipinski definition) is 4. The molecule has 180 valence electrons. The first-order valence-electron chi connectivity index (χ1n) is 11.6. The first kappa shape index (κ1) is 28.7. The predicted molar refractivity (Wildman–Crippen MR) is 120 cm³/mol. The molecule has 0 aromatic heterocycles. The Kier molecular flexibility index (Phi) is 17.1. The van der Waals surface area contributed by atoms with Crippen molar-refractivity contribution in [2.45, 2.75) is 96.4 Å². The number of hydrogen-bond acceptors (Lipinski definition) is 4. The van der Waals surface area contributed by atoms with E-state index in [1.165, 1.54) is 58.4 Å². The van der Waals surface area contributed by atoms with Gasteiger partial charge in [-0.05, 0) is 6.42 Å². The van der Waals surface area contributed by atoms with Gasteiger partial charge >= 0.3 is 6.09 Å². The molecule has 1 atom stereocenters. The van der Waals surface area contributed by atoms with Crippen LogP contribution in [-0.2, 0) is 14.4 Å². The number of nitrogens with two attached hydrogens (primary N) is 1. The Labute approximate surface area is 186 Å². The van der Waals surface area contributed by atoms with E-state index in [9.17, 15) is 19.2 Å². The number of rotatable bonds is 19. The highest BCUT2D eigenvalue weighted by Crippen LogP contribution is 2.12. The molecule has 0 aromatic carbocycles. The van der Waals surface area contributed by atoms with Crippen molar-refractivity contribution in [3.8, 4) is 0 Å². The first-order valence-corrected chi connectivity index (χ1v) is 11.6. The van der Waals surface area contributed by atoms with Crippen LogP contribution in [0.15, 0.2) is 0 Å². The van der Waals surface area contributed by atoms with Crippen molar-refractivity contribution in [2.75, 3.05) is 20.1 Å². The smallest absolute Gasteiger partial charge is 0.407 e. The fraction of sp³-hybridized carbons (Fsp3) is 0.818. The highest BCUT2D eigenvalue weighted by molar-refractivity contribution is 5.91. The van der Waals surface area contributed by atoms with E-state index in [0.29, 0.717) is 6.42 Å². The van der Waals surface area contributed by atoms with Gasteiger partial charge in [0.2, 0.25) is 17.7 Å². The molecule has 31 heavy (non-hydrogen) atoms. The van der Waals surface area contributed by atoms with Gasteiger partial charge in [-0.2, -0.15) is 0 Å². The van der Waals surface area contributed by atoms with Crippen LogP contribution in [0.2, 0.25) is 0 Å². The van der Waals surface area contributed by atoms with E-state index in [1.54, 1.807) is 0 Å². The molecule has 9 nitrogen and oxygen atoms in total. The van der Waals surface area contributed by atoms with Crippen molar-refractivity contribution < 1.29 is 24.3 Å². The summed E-state index contributed by atoms with van der Waals surface area (Å²) in [5.41, 5.74) is 5.18. The van der Waals surface area contributed by atoms with Crippen molar-refractivity contribution in [1.29, 1.82) is 0 Å². The number of unbranched alkanes of at least 4 members (excludes halogenated alkanes) is 10. The maximum absolute atomic E-state index is 12.2. The van der Waals surface area contributed by atoms with E-state index in [1.807, 2.05) is 0 Å². The average molecular weight is 443 g/mol. The highest BCUT2D eigenvalue weighted by atomic mass is 16.4. The molecule has 0 radical (unpaired) electrons. The first-order chi connectivity index (χ1) is 14.8. The Hall–Kier alpha value is -2.32. The van der Waals surface area contributed by atoms with Crippen molar-refractivity contribution in [3.05, 3.63) is 0 Å². The molecule has 5 N–H and O–H groups in total. The Balaban J connectivity index is 4.02. The molecule has 0 aromatic rings. The van der Waals surface area contributed by atoms with Gasteiger partial charge in [-0.1, -0.05) is 71.1 Å². The van der Waals surface area contributed by atoms with Crippen molar-refractivity contribution >= 4 is 23.8 Å². The molecule has 0 rings (SSSR count). The fourth-order valence-electron chi connectivity index (χ4n) is 3.19. The van der Waals surface area contributed by atoms with Crippen LogP contribution in [0.4, 0.5) is 4.79 Å². The summed E-state index contributed by atoms with van der Waals surface area (Å²) in [7, 11) is 1.38. The van der Waals surface area contributed by atoms with Gasteiger partial charge in [-0.3, -0.25) is 14.4 Å². The summed E-state index contributed by atoms with van der Waals surface area (Å²) >= 11 is 0. The van der Waals surface area contributed by atoms with Crippen LogP contribution in [0.25, 0.3) is 0 Å². The number of primary amides is 1. The van der Waals surface area contributed by atoms with E-state index in [-0.39, 0.29) is 25.4 Å². The van der Waals surface area contributed by atoms with Gasteiger partial charge in [0.1, 0.15) is 6.04 Å². The van der Waals surface area contributed by atoms with Gasteiger partial charge in [0.05, 0.1) is 6.42 Å². The largest absolute Gasteiger partial charge is 0.465 e. The lowest BCUT2D eigenvalue weighted by molar-refractivity contribution is -0.131. The van der Waals surface area contributed by atoms with Crippen LogP contribution in [0, 0.1) is 0 Å². The molecule has 0 fully saturated rings. The maximum Gasteiger partial charge on any atom is 0.407 e. The highest BCUT2D eigenvalue weighted by Gasteiger charge is 2.22. The third kappa shape index (κ3) is 17.1. The lowest BCUT2D eigenvalue weighted by atomic mass is 10.1. The molecule has 0 aliphatic heterocycles.